The second-order valence-electron chi connectivity index (χ2n) is 11.8. The minimum Gasteiger partial charge on any atom is -0.395 e. The van der Waals surface area contributed by atoms with Gasteiger partial charge < -0.3 is 15.4 Å². The van der Waals surface area contributed by atoms with Gasteiger partial charge in [-0.2, -0.15) is 33.7 Å². The first kappa shape index (κ1) is 40.4. The second kappa shape index (κ2) is 13.5. The van der Waals surface area contributed by atoms with Crippen LogP contribution in [0.15, 0.2) is 96.0 Å². The third kappa shape index (κ3) is 7.04. The first-order chi connectivity index (χ1) is 25.8. The summed E-state index contributed by atoms with van der Waals surface area (Å²) in [7, 11) is -26.5. The van der Waals surface area contributed by atoms with Crippen LogP contribution in [0.5, 0.6) is 0 Å². The molecule has 0 fully saturated rings. The Labute approximate surface area is 315 Å². The number of pyridine rings is 1. The number of benzene rings is 4. The smallest absolute Gasteiger partial charge is 0.296 e. The predicted octanol–water partition coefficient (Wildman–Crippen LogP) is 1.47. The molecule has 0 bridgehead atoms. The third-order valence-electron chi connectivity index (χ3n) is 8.39. The van der Waals surface area contributed by atoms with Gasteiger partial charge in [0.05, 0.1) is 50.2 Å². The predicted molar refractivity (Wildman–Crippen MR) is 191 cm³/mol. The number of aliphatic hydroxyl groups excluding tert-OH is 1. The quantitative estimate of drug-likeness (QED) is 0.0716. The lowest BCUT2D eigenvalue weighted by molar-refractivity contribution is 0.102. The molecule has 0 radical (unpaired) electrons. The number of sulfone groups is 1. The van der Waals surface area contributed by atoms with Gasteiger partial charge in [-0.25, -0.2) is 8.42 Å². The Morgan fingerprint density at radius 1 is 0.625 bits per heavy atom. The van der Waals surface area contributed by atoms with Gasteiger partial charge in [0.1, 0.15) is 14.7 Å². The molecule has 0 aliphatic heterocycles. The van der Waals surface area contributed by atoms with Crippen molar-refractivity contribution in [3.63, 3.8) is 0 Å². The van der Waals surface area contributed by atoms with Crippen LogP contribution in [0.4, 0.5) is 11.4 Å². The molecule has 294 valence electrons. The Balaban J connectivity index is 1.79. The van der Waals surface area contributed by atoms with E-state index in [1.54, 1.807) is 0 Å². The maximum atomic E-state index is 14.3. The number of aliphatic hydroxyl groups is 1. The van der Waals surface area contributed by atoms with Crippen LogP contribution >= 0.6 is 0 Å². The van der Waals surface area contributed by atoms with Gasteiger partial charge in [-0.05, 0) is 35.9 Å². The highest BCUT2D eigenvalue weighted by molar-refractivity contribution is 7.93. The van der Waals surface area contributed by atoms with Crippen molar-refractivity contribution in [3.8, 4) is 11.1 Å². The highest BCUT2D eigenvalue weighted by Gasteiger charge is 2.37. The molecular formula is C31H22N2O18S5. The molecule has 0 amide bonds. The van der Waals surface area contributed by atoms with Crippen LogP contribution in [-0.2, 0) is 50.3 Å². The summed E-state index contributed by atoms with van der Waals surface area (Å²) in [5, 5.41) is 11.0. The topological polar surface area (TPSA) is 351 Å². The van der Waals surface area contributed by atoms with Gasteiger partial charge in [0.25, 0.3) is 46.0 Å². The molecule has 1 aromatic heterocycles. The summed E-state index contributed by atoms with van der Waals surface area (Å²) in [6, 6.07) is 9.66. The van der Waals surface area contributed by atoms with E-state index in [9.17, 15) is 79.8 Å². The first-order valence-corrected chi connectivity index (χ1v) is 22.4. The van der Waals surface area contributed by atoms with Crippen molar-refractivity contribution in [1.29, 1.82) is 0 Å². The molecular weight excluding hydrogens is 849 g/mol. The van der Waals surface area contributed by atoms with Gasteiger partial charge in [0.2, 0.25) is 0 Å². The zero-order chi connectivity index (χ0) is 41.5. The number of ketones is 2. The zero-order valence-corrected chi connectivity index (χ0v) is 31.4. The molecule has 25 heteroatoms. The average molecular weight is 871 g/mol. The molecule has 0 saturated carbocycles. The Hall–Kier alpha value is -5.22. The highest BCUT2D eigenvalue weighted by Crippen LogP contribution is 2.46. The van der Waals surface area contributed by atoms with E-state index >= 15 is 0 Å². The fourth-order valence-corrected chi connectivity index (χ4v) is 10.5. The number of anilines is 2. The van der Waals surface area contributed by atoms with Crippen LogP contribution in [-0.4, -0.2) is 94.3 Å². The Bertz CT molecular complexity index is 3250. The number of nitrogens with one attached hydrogen (secondary N) is 2. The summed E-state index contributed by atoms with van der Waals surface area (Å²) in [4.78, 5) is 38.0. The molecule has 6 rings (SSSR count). The van der Waals surface area contributed by atoms with Crippen molar-refractivity contribution in [2.45, 2.75) is 24.5 Å². The van der Waals surface area contributed by atoms with E-state index in [0.717, 1.165) is 18.2 Å². The molecule has 0 spiro atoms. The fourth-order valence-electron chi connectivity index (χ4n) is 6.12. The molecule has 1 heterocycles. The van der Waals surface area contributed by atoms with Gasteiger partial charge in [0.15, 0.2) is 21.4 Å². The summed E-state index contributed by atoms with van der Waals surface area (Å²) in [6.07, 6.45) is 0. The lowest BCUT2D eigenvalue weighted by Gasteiger charge is -2.25. The Morgan fingerprint density at radius 2 is 1.21 bits per heavy atom. The minimum absolute atomic E-state index is 0.0189. The lowest BCUT2D eigenvalue weighted by atomic mass is 9.80. The summed E-state index contributed by atoms with van der Waals surface area (Å²) in [5.74, 6) is -3.45. The number of fused-ring (bicyclic) bond motifs is 2. The van der Waals surface area contributed by atoms with E-state index in [2.05, 4.69) is 10.3 Å². The van der Waals surface area contributed by atoms with Crippen molar-refractivity contribution in [2.75, 3.05) is 17.7 Å². The molecule has 0 saturated heterocycles. The number of carbonyl (C=O) groups excluding carboxylic acids is 2. The van der Waals surface area contributed by atoms with Gasteiger partial charge in [-0.3, -0.25) is 32.6 Å². The average Bonchev–Trinajstić information content (AvgIpc) is 3.08. The molecule has 5 aromatic rings. The van der Waals surface area contributed by atoms with E-state index in [4.69, 9.17) is 0 Å². The number of hydrogen-bond acceptors (Lipinski definition) is 15. The largest absolute Gasteiger partial charge is 0.395 e. The summed E-state index contributed by atoms with van der Waals surface area (Å²) >= 11 is 0. The number of rotatable bonds is 11. The lowest BCUT2D eigenvalue weighted by Crippen LogP contribution is -2.25. The van der Waals surface area contributed by atoms with Gasteiger partial charge in [-0.15, -0.1) is 0 Å². The van der Waals surface area contributed by atoms with Crippen molar-refractivity contribution < 1.29 is 75.0 Å². The fraction of sp³-hybridized carbons (Fsp3) is 0.0645. The normalized spacial score (nSPS) is 13.4. The minimum atomic E-state index is -5.62. The monoisotopic (exact) mass is 870 g/mol. The number of hydrogen-bond donors (Lipinski definition) is 7. The van der Waals surface area contributed by atoms with Crippen molar-refractivity contribution >= 4 is 84.2 Å². The van der Waals surface area contributed by atoms with Crippen LogP contribution in [0.1, 0.15) is 31.8 Å². The van der Waals surface area contributed by atoms with Crippen LogP contribution in [0.2, 0.25) is 0 Å². The molecule has 4 aromatic carbocycles. The van der Waals surface area contributed by atoms with Crippen LogP contribution in [0, 0.1) is 0 Å². The Kier molecular flexibility index (Phi) is 9.73. The SMILES string of the molecule is O=C(c1cccc(S(=O)(=O)O)c1)c1c2c3c(c(Nc4cc(S(=O)(=O)CCO)c(S(=O)(=O)O)cc4S(=O)(=O)O)cc(S(=O)(=O)O)c3[nH]c1=O)C(=O)c1ccccc1-2. The maximum absolute atomic E-state index is 14.3. The van der Waals surface area contributed by atoms with Crippen molar-refractivity contribution in [1.82, 2.24) is 4.98 Å². The Morgan fingerprint density at radius 3 is 1.79 bits per heavy atom. The van der Waals surface area contributed by atoms with Crippen LogP contribution in [0.25, 0.3) is 22.0 Å². The molecule has 1 aliphatic rings. The van der Waals surface area contributed by atoms with Crippen LogP contribution in [0.3, 0.4) is 0 Å². The zero-order valence-electron chi connectivity index (χ0n) is 27.3. The summed E-state index contributed by atoms with van der Waals surface area (Å²) in [5.41, 5.74) is -6.98. The summed E-state index contributed by atoms with van der Waals surface area (Å²) < 4.78 is 165. The van der Waals surface area contributed by atoms with E-state index in [0.29, 0.717) is 12.1 Å². The van der Waals surface area contributed by atoms with Crippen molar-refractivity contribution in [2.24, 2.45) is 0 Å². The first-order valence-electron chi connectivity index (χ1n) is 15.0. The number of aromatic amines is 1. The van der Waals surface area contributed by atoms with Gasteiger partial charge in [0, 0.05) is 22.1 Å². The van der Waals surface area contributed by atoms with Crippen LogP contribution < -0.4 is 10.9 Å². The highest BCUT2D eigenvalue weighted by atomic mass is 32.2. The number of H-pyrrole nitrogens is 1. The third-order valence-corrected chi connectivity index (χ3v) is 13.8. The summed E-state index contributed by atoms with van der Waals surface area (Å²) in [6.45, 7) is -1.11. The van der Waals surface area contributed by atoms with Gasteiger partial charge >= 0.3 is 0 Å². The standard InChI is InChI=1S/C31H22N2O18S5/c34-8-9-52(38,39)21-11-18(20(54(43,44)45)13-22(21)55(46,47)48)32-19-12-23(56(49,50)51)28-26-24(16-6-1-2-7-17(16)30(36)25(19)26)27(31(37)33-28)29(35)14-4-3-5-15(10-14)53(40,41)42/h1-7,10-13,32,34H,8-9H2,(H,33,37)(H,40,41,42)(H,43,44,45)(H,46,47,48)(H,49,50,51). The number of aromatic nitrogens is 1. The molecule has 0 unspecified atom stereocenters. The molecule has 20 nitrogen and oxygen atoms in total. The van der Waals surface area contributed by atoms with E-state index in [1.807, 2.05) is 0 Å². The van der Waals surface area contributed by atoms with Crippen molar-refractivity contribution in [3.05, 3.63) is 99.3 Å². The van der Waals surface area contributed by atoms with Gasteiger partial charge in [-0.1, -0.05) is 36.4 Å². The second-order valence-corrected chi connectivity index (χ2v) is 19.5. The molecule has 1 aliphatic carbocycles. The van der Waals surface area contributed by atoms with E-state index in [1.165, 1.54) is 24.3 Å². The molecule has 0 atom stereocenters. The maximum Gasteiger partial charge on any atom is 0.296 e. The van der Waals surface area contributed by atoms with E-state index in [-0.39, 0.29) is 23.3 Å². The molecule has 7 N–H and O–H groups in total. The van der Waals surface area contributed by atoms with E-state index < -0.39 is 149 Å². The molecule has 56 heavy (non-hydrogen) atoms. The number of carbonyl (C=O) groups is 2.